The second kappa shape index (κ2) is 8.49. The highest BCUT2D eigenvalue weighted by Gasteiger charge is 2.47. The van der Waals surface area contributed by atoms with Gasteiger partial charge in [-0.1, -0.05) is 0 Å². The molecule has 1 aliphatic heterocycles. The summed E-state index contributed by atoms with van der Waals surface area (Å²) in [6.07, 6.45) is 1.60. The lowest BCUT2D eigenvalue weighted by Crippen LogP contribution is -2.41. The lowest BCUT2D eigenvalue weighted by atomic mass is 10.1. The van der Waals surface area contributed by atoms with E-state index in [4.69, 9.17) is 15.5 Å². The Kier molecular flexibility index (Phi) is 5.27. The van der Waals surface area contributed by atoms with Crippen molar-refractivity contribution in [3.05, 3.63) is 41.6 Å². The number of halogens is 2. The summed E-state index contributed by atoms with van der Waals surface area (Å²) in [5.41, 5.74) is 9.41. The van der Waals surface area contributed by atoms with Crippen LogP contribution in [0, 0.1) is 11.8 Å². The Morgan fingerprint density at radius 3 is 2.63 bits per heavy atom. The molecule has 3 atom stereocenters. The third-order valence-electron chi connectivity index (χ3n) is 8.67. The maximum Gasteiger partial charge on any atom is 0.280 e. The molecule has 4 aromatic rings. The molecule has 0 spiro atoms. The number of aromatic nitrogens is 4. The number of likely N-dealkylation sites (tertiary alicyclic amines) is 1. The number of aryl methyl sites for hydroxylation is 1. The number of nitrogens with two attached hydrogens (primary N) is 1. The van der Waals surface area contributed by atoms with Gasteiger partial charge in [0.05, 0.1) is 18.3 Å². The van der Waals surface area contributed by atoms with Crippen LogP contribution < -0.4 is 10.5 Å². The van der Waals surface area contributed by atoms with E-state index < -0.39 is 6.43 Å². The van der Waals surface area contributed by atoms with Gasteiger partial charge in [-0.25, -0.2) is 18.7 Å². The largest absolute Gasteiger partial charge is 0.494 e. The Morgan fingerprint density at radius 1 is 1.16 bits per heavy atom. The van der Waals surface area contributed by atoms with Crippen LogP contribution in [0.15, 0.2) is 30.3 Å². The van der Waals surface area contributed by atoms with Crippen molar-refractivity contribution in [2.45, 2.75) is 50.7 Å². The molecule has 7 rings (SSSR count). The third-order valence-corrected chi connectivity index (χ3v) is 8.67. The van der Waals surface area contributed by atoms with Crippen LogP contribution in [-0.2, 0) is 13.6 Å². The van der Waals surface area contributed by atoms with Gasteiger partial charge in [-0.3, -0.25) is 4.79 Å². The van der Waals surface area contributed by atoms with Gasteiger partial charge in [-0.15, -0.1) is 0 Å². The average Bonchev–Trinajstić information content (AvgIpc) is 3.32. The molecular formula is C28H30F2N6O2. The van der Waals surface area contributed by atoms with Crippen LogP contribution in [0.25, 0.3) is 33.6 Å². The van der Waals surface area contributed by atoms with Crippen molar-refractivity contribution in [3.8, 4) is 17.3 Å². The van der Waals surface area contributed by atoms with Crippen LogP contribution >= 0.6 is 0 Å². The fraction of sp³-hybridized carbons (Fsp3) is 0.464. The predicted octanol–water partition coefficient (Wildman–Crippen LogP) is 4.51. The van der Waals surface area contributed by atoms with Gasteiger partial charge >= 0.3 is 0 Å². The van der Waals surface area contributed by atoms with E-state index in [2.05, 4.69) is 4.98 Å². The summed E-state index contributed by atoms with van der Waals surface area (Å²) in [6, 6.07) is 8.76. The number of fused-ring (bicyclic) bond motifs is 4. The van der Waals surface area contributed by atoms with Gasteiger partial charge in [0.15, 0.2) is 5.82 Å². The highest BCUT2D eigenvalue weighted by molar-refractivity contribution is 6.00. The molecule has 1 amide bonds. The topological polar surface area (TPSA) is 91.2 Å². The molecular weight excluding hydrogens is 490 g/mol. The molecule has 1 unspecified atom stereocenters. The Balaban J connectivity index is 1.35. The van der Waals surface area contributed by atoms with Gasteiger partial charge in [0, 0.05) is 43.2 Å². The summed E-state index contributed by atoms with van der Waals surface area (Å²) < 4.78 is 36.6. The monoisotopic (exact) mass is 520 g/mol. The van der Waals surface area contributed by atoms with E-state index in [0.717, 1.165) is 42.3 Å². The minimum Gasteiger partial charge on any atom is -0.494 e. The smallest absolute Gasteiger partial charge is 0.280 e. The van der Waals surface area contributed by atoms with E-state index >= 15 is 0 Å². The zero-order valence-corrected chi connectivity index (χ0v) is 21.4. The fourth-order valence-electron chi connectivity index (χ4n) is 6.46. The van der Waals surface area contributed by atoms with Gasteiger partial charge in [0.25, 0.3) is 12.3 Å². The van der Waals surface area contributed by atoms with Gasteiger partial charge in [0.2, 0.25) is 0 Å². The van der Waals surface area contributed by atoms with Crippen molar-refractivity contribution >= 4 is 28.0 Å². The molecule has 2 aliphatic carbocycles. The highest BCUT2D eigenvalue weighted by Crippen LogP contribution is 2.40. The van der Waals surface area contributed by atoms with Crippen molar-refractivity contribution in [2.75, 3.05) is 13.7 Å². The minimum absolute atomic E-state index is 0.0404. The van der Waals surface area contributed by atoms with E-state index in [-0.39, 0.29) is 23.7 Å². The molecule has 1 aromatic carbocycles. The summed E-state index contributed by atoms with van der Waals surface area (Å²) in [6.45, 7) is 1.38. The van der Waals surface area contributed by atoms with Crippen LogP contribution in [0.3, 0.4) is 0 Å². The maximum atomic E-state index is 13.5. The molecule has 8 nitrogen and oxygen atoms in total. The first kappa shape index (κ1) is 23.6. The quantitative estimate of drug-likeness (QED) is 0.404. The normalized spacial score (nSPS) is 22.9. The number of carbonyl (C=O) groups excluding carboxylic acids is 1. The van der Waals surface area contributed by atoms with Crippen molar-refractivity contribution in [1.82, 2.24) is 24.0 Å². The zero-order chi connectivity index (χ0) is 26.3. The molecule has 3 aromatic heterocycles. The Hall–Kier alpha value is -3.53. The maximum absolute atomic E-state index is 13.5. The van der Waals surface area contributed by atoms with E-state index in [9.17, 15) is 13.6 Å². The van der Waals surface area contributed by atoms with Crippen LogP contribution in [0.1, 0.15) is 48.2 Å². The van der Waals surface area contributed by atoms with Crippen LogP contribution in [0.5, 0.6) is 5.75 Å². The summed E-state index contributed by atoms with van der Waals surface area (Å²) >= 11 is 0. The molecule has 3 aliphatic rings. The first-order valence-corrected chi connectivity index (χ1v) is 13.2. The number of pyridine rings is 1. The molecule has 38 heavy (non-hydrogen) atoms. The Bertz CT molecular complexity index is 1590. The van der Waals surface area contributed by atoms with Gasteiger partial charge in [-0.05, 0) is 67.9 Å². The Labute approximate surface area is 218 Å². The molecule has 2 N–H and O–H groups in total. The summed E-state index contributed by atoms with van der Waals surface area (Å²) in [4.78, 5) is 24.7. The van der Waals surface area contributed by atoms with Crippen molar-refractivity contribution in [2.24, 2.45) is 24.6 Å². The first-order valence-electron chi connectivity index (χ1n) is 13.2. The van der Waals surface area contributed by atoms with Gasteiger partial charge < -0.3 is 24.5 Å². The number of benzene rings is 1. The summed E-state index contributed by atoms with van der Waals surface area (Å²) in [7, 11) is 3.49. The molecule has 10 heteroatoms. The molecule has 2 saturated carbocycles. The first-order chi connectivity index (χ1) is 18.3. The lowest BCUT2D eigenvalue weighted by Gasteiger charge is -2.27. The van der Waals surface area contributed by atoms with Crippen LogP contribution in [-0.4, -0.2) is 55.6 Å². The predicted molar refractivity (Wildman–Crippen MR) is 139 cm³/mol. The van der Waals surface area contributed by atoms with Crippen LogP contribution in [0.4, 0.5) is 8.78 Å². The summed E-state index contributed by atoms with van der Waals surface area (Å²) in [5.74, 6) is 2.04. The summed E-state index contributed by atoms with van der Waals surface area (Å²) in [5, 5.41) is 0.792. The lowest BCUT2D eigenvalue weighted by molar-refractivity contribution is 0.0700. The SMILES string of the molecule is COc1cc(C(=O)N2C[C@H]3CC[C@@H]2C3N)cc2nc(-c3cc4ccc(C(F)F)nc4n3CC3CC3)n(C)c12. The number of alkyl halides is 2. The molecule has 1 saturated heterocycles. The van der Waals surface area contributed by atoms with Crippen LogP contribution in [0.2, 0.25) is 0 Å². The van der Waals surface area contributed by atoms with E-state index in [1.165, 1.54) is 6.07 Å². The van der Waals surface area contributed by atoms with Crippen molar-refractivity contribution in [1.29, 1.82) is 0 Å². The van der Waals surface area contributed by atoms with E-state index in [1.807, 2.05) is 33.2 Å². The van der Waals surface area contributed by atoms with Gasteiger partial charge in [-0.2, -0.15) is 0 Å². The number of amides is 1. The second-order valence-electron chi connectivity index (χ2n) is 11.0. The zero-order valence-electron chi connectivity index (χ0n) is 21.4. The van der Waals surface area contributed by atoms with E-state index in [0.29, 0.717) is 53.2 Å². The number of rotatable bonds is 6. The molecule has 4 heterocycles. The fourth-order valence-corrected chi connectivity index (χ4v) is 6.46. The number of ether oxygens (including phenoxy) is 1. The highest BCUT2D eigenvalue weighted by atomic mass is 19.3. The third kappa shape index (κ3) is 3.53. The number of piperidine rings is 1. The molecule has 0 radical (unpaired) electrons. The van der Waals surface area contributed by atoms with E-state index in [1.54, 1.807) is 19.2 Å². The number of carbonyl (C=O) groups is 1. The minimum atomic E-state index is -2.64. The number of methoxy groups -OCH3 is 1. The second-order valence-corrected chi connectivity index (χ2v) is 11.0. The number of hydrogen-bond donors (Lipinski definition) is 1. The number of imidazole rings is 1. The average molecular weight is 521 g/mol. The number of nitrogens with zero attached hydrogens (tertiary/aromatic N) is 5. The molecule has 2 bridgehead atoms. The molecule has 198 valence electrons. The Morgan fingerprint density at radius 2 is 1.97 bits per heavy atom. The number of hydrogen-bond acceptors (Lipinski definition) is 5. The van der Waals surface area contributed by atoms with Crippen molar-refractivity contribution in [3.63, 3.8) is 0 Å². The van der Waals surface area contributed by atoms with Gasteiger partial charge in [0.1, 0.15) is 22.6 Å². The standard InChI is InChI=1S/C28H30F2N6O2/c1-34-24-19(9-17(11-22(24)38-2)28(37)36-13-16-6-8-20(36)23(16)31)33-27(34)21-10-15-5-7-18(25(29)30)32-26(15)35(21)12-14-3-4-14/h5,7,9-11,14,16,20,23,25H,3-4,6,8,12-13,31H2,1-2H3/t16-,20-,23?/m1/s1. The van der Waals surface area contributed by atoms with Crippen molar-refractivity contribution < 1.29 is 18.3 Å². The molecule has 3 fully saturated rings.